The Morgan fingerprint density at radius 3 is 2.96 bits per heavy atom. The maximum absolute atomic E-state index is 12.1. The van der Waals surface area contributed by atoms with Crippen LogP contribution in [0.5, 0.6) is 0 Å². The Balaban J connectivity index is 1.44. The highest BCUT2D eigenvalue weighted by molar-refractivity contribution is 7.10. The fourth-order valence-corrected chi connectivity index (χ4v) is 3.91. The van der Waals surface area contributed by atoms with Crippen molar-refractivity contribution < 1.29 is 9.21 Å². The van der Waals surface area contributed by atoms with Crippen LogP contribution in [0.2, 0.25) is 0 Å². The number of furan rings is 1. The first kappa shape index (κ1) is 17.0. The van der Waals surface area contributed by atoms with E-state index in [-0.39, 0.29) is 12.1 Å². The van der Waals surface area contributed by atoms with Gasteiger partial charge in [-0.05, 0) is 56.3 Å². The van der Waals surface area contributed by atoms with Crippen LogP contribution in [0.25, 0.3) is 0 Å². The Hall–Kier alpha value is -1.79. The molecule has 6 heteroatoms. The lowest BCUT2D eigenvalue weighted by Gasteiger charge is -2.32. The van der Waals surface area contributed by atoms with Crippen LogP contribution in [0.4, 0.5) is 4.79 Å². The summed E-state index contributed by atoms with van der Waals surface area (Å²) >= 11 is 1.85. The fraction of sp³-hybridized carbons (Fsp3) is 0.500. The maximum atomic E-state index is 12.1. The van der Waals surface area contributed by atoms with Gasteiger partial charge in [0, 0.05) is 30.6 Å². The van der Waals surface area contributed by atoms with Crippen molar-refractivity contribution in [3.63, 3.8) is 0 Å². The van der Waals surface area contributed by atoms with Gasteiger partial charge in [0.15, 0.2) is 0 Å². The van der Waals surface area contributed by atoms with Crippen LogP contribution in [0, 0.1) is 6.92 Å². The first-order chi connectivity index (χ1) is 11.5. The van der Waals surface area contributed by atoms with Crippen LogP contribution in [0.3, 0.4) is 0 Å². The van der Waals surface area contributed by atoms with Crippen molar-refractivity contribution in [2.45, 2.75) is 45.8 Å². The minimum absolute atomic E-state index is 0.141. The lowest BCUT2D eigenvalue weighted by molar-refractivity contribution is 0.185. The Morgan fingerprint density at radius 2 is 2.21 bits per heavy atom. The molecule has 0 saturated carbocycles. The second-order valence-electron chi connectivity index (χ2n) is 6.46. The Labute approximate surface area is 147 Å². The number of thiophene rings is 1. The highest BCUT2D eigenvalue weighted by atomic mass is 32.1. The molecule has 24 heavy (non-hydrogen) atoms. The number of nitrogens with one attached hydrogen (secondary N) is 2. The van der Waals surface area contributed by atoms with Crippen molar-refractivity contribution >= 4 is 17.4 Å². The van der Waals surface area contributed by atoms with Gasteiger partial charge in [0.05, 0.1) is 6.04 Å². The molecule has 5 nitrogen and oxygen atoms in total. The summed E-state index contributed by atoms with van der Waals surface area (Å²) in [6.07, 6.45) is 1.11. The van der Waals surface area contributed by atoms with Crippen molar-refractivity contribution in [3.8, 4) is 0 Å². The third kappa shape index (κ3) is 3.99. The fourth-order valence-electron chi connectivity index (χ4n) is 3.02. The molecule has 0 saturated heterocycles. The van der Waals surface area contributed by atoms with Crippen LogP contribution in [-0.2, 0) is 13.0 Å². The van der Waals surface area contributed by atoms with Gasteiger partial charge in [0.25, 0.3) is 0 Å². The molecule has 130 valence electrons. The number of aryl methyl sites for hydroxylation is 1. The second-order valence-corrected chi connectivity index (χ2v) is 7.46. The molecule has 2 amide bonds. The van der Waals surface area contributed by atoms with E-state index in [9.17, 15) is 4.79 Å². The summed E-state index contributed by atoms with van der Waals surface area (Å²) < 4.78 is 5.54. The van der Waals surface area contributed by atoms with Gasteiger partial charge in [0.2, 0.25) is 0 Å². The molecule has 2 atom stereocenters. The first-order valence-electron chi connectivity index (χ1n) is 8.43. The van der Waals surface area contributed by atoms with Gasteiger partial charge in [-0.15, -0.1) is 11.3 Å². The molecule has 0 fully saturated rings. The number of carbonyl (C=O) groups excluding carboxylic acids is 1. The van der Waals surface area contributed by atoms with E-state index in [1.807, 2.05) is 37.3 Å². The largest absolute Gasteiger partial charge is 0.464 e. The minimum Gasteiger partial charge on any atom is -0.464 e. The number of carbonyl (C=O) groups is 1. The number of amides is 2. The van der Waals surface area contributed by atoms with E-state index in [1.165, 1.54) is 10.4 Å². The van der Waals surface area contributed by atoms with Gasteiger partial charge in [-0.1, -0.05) is 0 Å². The van der Waals surface area contributed by atoms with Crippen molar-refractivity contribution in [1.29, 1.82) is 0 Å². The number of hydrogen-bond donors (Lipinski definition) is 2. The zero-order valence-corrected chi connectivity index (χ0v) is 15.3. The zero-order chi connectivity index (χ0) is 17.1. The van der Waals surface area contributed by atoms with E-state index < -0.39 is 0 Å². The Kier molecular flexibility index (Phi) is 5.26. The third-order valence-electron chi connectivity index (χ3n) is 4.55. The van der Waals surface area contributed by atoms with E-state index in [0.29, 0.717) is 12.6 Å². The monoisotopic (exact) mass is 347 g/mol. The number of urea groups is 1. The van der Waals surface area contributed by atoms with E-state index in [2.05, 4.69) is 33.9 Å². The molecule has 0 spiro atoms. The molecule has 3 rings (SSSR count). The van der Waals surface area contributed by atoms with Crippen molar-refractivity contribution in [3.05, 3.63) is 45.5 Å². The normalized spacial score (nSPS) is 17.1. The lowest BCUT2D eigenvalue weighted by Crippen LogP contribution is -2.46. The zero-order valence-electron chi connectivity index (χ0n) is 14.5. The van der Waals surface area contributed by atoms with Gasteiger partial charge in [-0.3, -0.25) is 4.90 Å². The quantitative estimate of drug-likeness (QED) is 0.871. The summed E-state index contributed by atoms with van der Waals surface area (Å²) in [6, 6.07) is 6.03. The summed E-state index contributed by atoms with van der Waals surface area (Å²) in [6.45, 7) is 8.65. The Morgan fingerprint density at radius 1 is 1.38 bits per heavy atom. The molecule has 0 bridgehead atoms. The van der Waals surface area contributed by atoms with Crippen molar-refractivity contribution in [1.82, 2.24) is 15.5 Å². The number of hydrogen-bond acceptors (Lipinski definition) is 4. The molecule has 2 aromatic heterocycles. The summed E-state index contributed by atoms with van der Waals surface area (Å²) in [5, 5.41) is 8.06. The van der Waals surface area contributed by atoms with Gasteiger partial charge < -0.3 is 15.1 Å². The minimum atomic E-state index is -0.156. The molecule has 0 unspecified atom stereocenters. The second kappa shape index (κ2) is 7.40. The van der Waals surface area contributed by atoms with E-state index in [1.54, 1.807) is 0 Å². The molecule has 0 aliphatic carbocycles. The van der Waals surface area contributed by atoms with E-state index >= 15 is 0 Å². The number of nitrogens with zero attached hydrogens (tertiary/aromatic N) is 1. The summed E-state index contributed by atoms with van der Waals surface area (Å²) in [5.41, 5.74) is 1.43. The number of rotatable bonds is 5. The number of fused-ring (bicyclic) bond motifs is 1. The van der Waals surface area contributed by atoms with Gasteiger partial charge in [-0.2, -0.15) is 0 Å². The van der Waals surface area contributed by atoms with Gasteiger partial charge >= 0.3 is 6.03 Å². The molecular weight excluding hydrogens is 322 g/mol. The van der Waals surface area contributed by atoms with Crippen LogP contribution < -0.4 is 10.6 Å². The maximum Gasteiger partial charge on any atom is 0.315 e. The lowest BCUT2D eigenvalue weighted by atomic mass is 10.1. The molecule has 1 aliphatic rings. The topological polar surface area (TPSA) is 57.5 Å². The van der Waals surface area contributed by atoms with Crippen molar-refractivity contribution in [2.75, 3.05) is 13.1 Å². The Bertz CT molecular complexity index is 694. The molecule has 1 aliphatic heterocycles. The molecule has 2 aromatic rings. The van der Waals surface area contributed by atoms with Crippen LogP contribution in [0.1, 0.15) is 41.9 Å². The molecule has 0 radical (unpaired) electrons. The molecular formula is C18H25N3O2S. The third-order valence-corrected chi connectivity index (χ3v) is 5.58. The van der Waals surface area contributed by atoms with Gasteiger partial charge in [0.1, 0.15) is 11.5 Å². The standard InChI is InChI=1S/C18H25N3O2S/c1-12(21-8-6-17-15(11-21)7-9-24-17)10-19-18(22)20-14(3)16-5-4-13(2)23-16/h4-5,7,9,12,14H,6,8,10-11H2,1-3H3,(H2,19,20,22)/t12-,14-/m1/s1. The summed E-state index contributed by atoms with van der Waals surface area (Å²) in [7, 11) is 0. The highest BCUT2D eigenvalue weighted by Crippen LogP contribution is 2.25. The highest BCUT2D eigenvalue weighted by Gasteiger charge is 2.22. The molecule has 3 heterocycles. The summed E-state index contributed by atoms with van der Waals surface area (Å²) in [5.74, 6) is 1.63. The van der Waals surface area contributed by atoms with Crippen molar-refractivity contribution in [2.24, 2.45) is 0 Å². The molecule has 0 aromatic carbocycles. The smallest absolute Gasteiger partial charge is 0.315 e. The van der Waals surface area contributed by atoms with E-state index in [0.717, 1.165) is 31.0 Å². The van der Waals surface area contributed by atoms with Crippen LogP contribution in [0.15, 0.2) is 28.0 Å². The van der Waals surface area contributed by atoms with E-state index in [4.69, 9.17) is 4.42 Å². The average Bonchev–Trinajstić information content (AvgIpc) is 3.20. The SMILES string of the molecule is Cc1ccc([C@@H](C)NC(=O)NC[C@@H](C)N2CCc3sccc3C2)o1. The van der Waals surface area contributed by atoms with Crippen LogP contribution >= 0.6 is 11.3 Å². The summed E-state index contributed by atoms with van der Waals surface area (Å²) in [4.78, 5) is 16.0. The molecule has 2 N–H and O–H groups in total. The first-order valence-corrected chi connectivity index (χ1v) is 9.31. The van der Waals surface area contributed by atoms with Gasteiger partial charge in [-0.25, -0.2) is 4.79 Å². The van der Waals surface area contributed by atoms with Crippen LogP contribution in [-0.4, -0.2) is 30.1 Å². The average molecular weight is 347 g/mol. The predicted octanol–water partition coefficient (Wildman–Crippen LogP) is 3.46. The predicted molar refractivity (Wildman–Crippen MR) is 96.3 cm³/mol.